The average molecular weight is 375 g/mol. The molecule has 0 radical (unpaired) electrons. The van der Waals surface area contributed by atoms with Crippen molar-refractivity contribution in [3.8, 4) is 0 Å². The molecule has 2 rings (SSSR count). The van der Waals surface area contributed by atoms with Gasteiger partial charge in [0.2, 0.25) is 0 Å². The minimum Gasteiger partial charge on any atom is -0.310 e. The Morgan fingerprint density at radius 3 is 2.62 bits per heavy atom. The molecule has 1 N–H and O–H groups in total. The van der Waals surface area contributed by atoms with Crippen LogP contribution in [0.5, 0.6) is 0 Å². The lowest BCUT2D eigenvalue weighted by molar-refractivity contribution is 0.520. The topological polar surface area (TPSA) is 12.0 Å². The minimum absolute atomic E-state index is 0.127. The van der Waals surface area contributed by atoms with Crippen LogP contribution in [0.4, 0.5) is 8.78 Å². The molecule has 0 saturated heterocycles. The molecule has 0 aliphatic heterocycles. The van der Waals surface area contributed by atoms with Gasteiger partial charge in [-0.05, 0) is 54.4 Å². The first kappa shape index (κ1) is 16.4. The first-order valence-corrected chi connectivity index (χ1v) is 7.80. The lowest BCUT2D eigenvalue weighted by Crippen LogP contribution is -2.23. The van der Waals surface area contributed by atoms with Crippen LogP contribution in [0.3, 0.4) is 0 Å². The number of hydrogen-bond donors (Lipinski definition) is 1. The van der Waals surface area contributed by atoms with E-state index in [-0.39, 0.29) is 6.04 Å². The van der Waals surface area contributed by atoms with Gasteiger partial charge in [-0.2, -0.15) is 0 Å². The third-order valence-corrected chi connectivity index (χ3v) is 4.14. The molecule has 1 atom stereocenters. The Morgan fingerprint density at radius 1 is 1.19 bits per heavy atom. The molecule has 0 aliphatic carbocycles. The fraction of sp³-hybridized carbons (Fsp3) is 0.250. The average Bonchev–Trinajstić information content (AvgIpc) is 2.42. The molecule has 5 heteroatoms. The van der Waals surface area contributed by atoms with E-state index in [4.69, 9.17) is 11.6 Å². The molecule has 0 aliphatic rings. The molecule has 21 heavy (non-hydrogen) atoms. The maximum Gasteiger partial charge on any atom is 0.126 e. The minimum atomic E-state index is -0.433. The van der Waals surface area contributed by atoms with E-state index < -0.39 is 11.6 Å². The van der Waals surface area contributed by atoms with Crippen molar-refractivity contribution in [1.82, 2.24) is 5.32 Å². The lowest BCUT2D eigenvalue weighted by Gasteiger charge is -2.20. The van der Waals surface area contributed by atoms with E-state index in [9.17, 15) is 8.78 Å². The van der Waals surface area contributed by atoms with Gasteiger partial charge in [-0.1, -0.05) is 40.5 Å². The number of benzene rings is 2. The van der Waals surface area contributed by atoms with E-state index in [1.165, 1.54) is 6.07 Å². The molecule has 0 heterocycles. The van der Waals surface area contributed by atoms with E-state index in [1.54, 1.807) is 12.1 Å². The molecule has 2 aromatic rings. The third-order valence-electron chi connectivity index (χ3n) is 3.22. The van der Waals surface area contributed by atoms with Gasteiger partial charge in [0.05, 0.1) is 0 Å². The van der Waals surface area contributed by atoms with Crippen LogP contribution in [0.2, 0.25) is 5.02 Å². The van der Waals surface area contributed by atoms with E-state index in [0.717, 1.165) is 28.7 Å². The van der Waals surface area contributed by atoms with Gasteiger partial charge >= 0.3 is 0 Å². The summed E-state index contributed by atoms with van der Waals surface area (Å²) in [5.74, 6) is -0.832. The second kappa shape index (κ2) is 7.34. The zero-order chi connectivity index (χ0) is 15.4. The zero-order valence-corrected chi connectivity index (χ0v) is 13.8. The number of hydrogen-bond acceptors (Lipinski definition) is 1. The van der Waals surface area contributed by atoms with E-state index >= 15 is 0 Å². The smallest absolute Gasteiger partial charge is 0.126 e. The Hall–Kier alpha value is -0.970. The highest BCUT2D eigenvalue weighted by Gasteiger charge is 2.17. The summed E-state index contributed by atoms with van der Waals surface area (Å²) in [6.45, 7) is 2.69. The van der Waals surface area contributed by atoms with Crippen LogP contribution in [-0.4, -0.2) is 6.54 Å². The summed E-state index contributed by atoms with van der Waals surface area (Å²) in [5.41, 5.74) is 1.31. The molecular formula is C16H15BrClF2N. The lowest BCUT2D eigenvalue weighted by atomic mass is 9.98. The highest BCUT2D eigenvalue weighted by atomic mass is 79.9. The maximum absolute atomic E-state index is 13.8. The van der Waals surface area contributed by atoms with Crippen molar-refractivity contribution in [2.24, 2.45) is 0 Å². The standard InChI is InChI=1S/C16H15BrClF2N/c1-2-21-16(13-5-3-11(18)9-14(13)17)8-10-7-12(19)4-6-15(10)20/h3-7,9,16,21H,2,8H2,1H3. The largest absolute Gasteiger partial charge is 0.310 e. The van der Waals surface area contributed by atoms with Crippen LogP contribution in [0.15, 0.2) is 40.9 Å². The number of nitrogens with one attached hydrogen (secondary N) is 1. The summed E-state index contributed by atoms with van der Waals surface area (Å²) in [6.07, 6.45) is 0.359. The van der Waals surface area contributed by atoms with Gasteiger partial charge in [-0.25, -0.2) is 8.78 Å². The van der Waals surface area contributed by atoms with E-state index in [2.05, 4.69) is 21.2 Å². The van der Waals surface area contributed by atoms with Crippen molar-refractivity contribution in [2.45, 2.75) is 19.4 Å². The van der Waals surface area contributed by atoms with Gasteiger partial charge in [0.1, 0.15) is 11.6 Å². The zero-order valence-electron chi connectivity index (χ0n) is 11.5. The van der Waals surface area contributed by atoms with E-state index in [1.807, 2.05) is 13.0 Å². The first-order valence-electron chi connectivity index (χ1n) is 6.63. The molecule has 1 nitrogen and oxygen atoms in total. The van der Waals surface area contributed by atoms with Gasteiger partial charge < -0.3 is 5.32 Å². The molecular weight excluding hydrogens is 360 g/mol. The van der Waals surface area contributed by atoms with Crippen LogP contribution in [0.25, 0.3) is 0 Å². The Morgan fingerprint density at radius 2 is 1.95 bits per heavy atom. The quantitative estimate of drug-likeness (QED) is 0.751. The number of rotatable bonds is 5. The molecule has 0 spiro atoms. The molecule has 0 fully saturated rings. The predicted octanol–water partition coefficient (Wildman–Crippen LogP) is 5.27. The van der Waals surface area contributed by atoms with Crippen molar-refractivity contribution >= 4 is 27.5 Å². The monoisotopic (exact) mass is 373 g/mol. The number of likely N-dealkylation sites (N-methyl/N-ethyl adjacent to an activating group) is 1. The molecule has 1 unspecified atom stereocenters. The van der Waals surface area contributed by atoms with Gasteiger partial charge in [-0.3, -0.25) is 0 Å². The third kappa shape index (κ3) is 4.25. The molecule has 0 aromatic heterocycles. The van der Waals surface area contributed by atoms with Crippen LogP contribution in [0, 0.1) is 11.6 Å². The molecule has 112 valence electrons. The summed E-state index contributed by atoms with van der Waals surface area (Å²) >= 11 is 9.42. The summed E-state index contributed by atoms with van der Waals surface area (Å²) < 4.78 is 28.0. The Balaban J connectivity index is 2.32. The first-order chi connectivity index (χ1) is 10.0. The Bertz CT molecular complexity index is 634. The highest BCUT2D eigenvalue weighted by molar-refractivity contribution is 9.10. The fourth-order valence-electron chi connectivity index (χ4n) is 2.24. The molecule has 0 bridgehead atoms. The van der Waals surface area contributed by atoms with Crippen LogP contribution < -0.4 is 5.32 Å². The van der Waals surface area contributed by atoms with Crippen molar-refractivity contribution < 1.29 is 8.78 Å². The van der Waals surface area contributed by atoms with Crippen molar-refractivity contribution in [1.29, 1.82) is 0 Å². The van der Waals surface area contributed by atoms with Crippen LogP contribution >= 0.6 is 27.5 Å². The van der Waals surface area contributed by atoms with Crippen LogP contribution in [-0.2, 0) is 6.42 Å². The Labute approximate surface area is 136 Å². The van der Waals surface area contributed by atoms with Gasteiger partial charge in [0.25, 0.3) is 0 Å². The summed E-state index contributed by atoms with van der Waals surface area (Å²) in [6, 6.07) is 8.86. The van der Waals surface area contributed by atoms with Crippen molar-refractivity contribution in [2.75, 3.05) is 6.54 Å². The summed E-state index contributed by atoms with van der Waals surface area (Å²) in [7, 11) is 0. The van der Waals surface area contributed by atoms with Gasteiger partial charge in [0, 0.05) is 15.5 Å². The molecule has 0 saturated carbocycles. The highest BCUT2D eigenvalue weighted by Crippen LogP contribution is 2.29. The normalized spacial score (nSPS) is 12.4. The van der Waals surface area contributed by atoms with Crippen LogP contribution in [0.1, 0.15) is 24.1 Å². The molecule has 0 amide bonds. The van der Waals surface area contributed by atoms with Gasteiger partial charge in [0.15, 0.2) is 0 Å². The molecule has 2 aromatic carbocycles. The predicted molar refractivity (Wildman–Crippen MR) is 85.6 cm³/mol. The summed E-state index contributed by atoms with van der Waals surface area (Å²) in [5, 5.41) is 3.92. The Kier molecular flexibility index (Phi) is 5.73. The maximum atomic E-state index is 13.8. The summed E-state index contributed by atoms with van der Waals surface area (Å²) in [4.78, 5) is 0. The number of halogens is 4. The van der Waals surface area contributed by atoms with Crippen molar-refractivity contribution in [3.63, 3.8) is 0 Å². The van der Waals surface area contributed by atoms with E-state index in [0.29, 0.717) is 17.0 Å². The van der Waals surface area contributed by atoms with Crippen molar-refractivity contribution in [3.05, 3.63) is 68.7 Å². The second-order valence-electron chi connectivity index (χ2n) is 4.72. The fourth-order valence-corrected chi connectivity index (χ4v) is 3.20. The second-order valence-corrected chi connectivity index (χ2v) is 6.01. The SMILES string of the molecule is CCNC(Cc1cc(F)ccc1F)c1ccc(Cl)cc1Br. The van der Waals surface area contributed by atoms with Gasteiger partial charge in [-0.15, -0.1) is 0 Å².